The summed E-state index contributed by atoms with van der Waals surface area (Å²) < 4.78 is 2.09. The number of fused-ring (bicyclic) bond motifs is 4. The molecule has 24 heavy (non-hydrogen) atoms. The van der Waals surface area contributed by atoms with Gasteiger partial charge in [0.1, 0.15) is 0 Å². The van der Waals surface area contributed by atoms with Crippen molar-refractivity contribution < 1.29 is 4.79 Å². The number of pyridine rings is 1. The number of carbonyl (C=O) groups excluding carboxylic acids is 1. The highest BCUT2D eigenvalue weighted by Gasteiger charge is 2.33. The Balaban J connectivity index is 2.15. The molecule has 1 aromatic heterocycles. The number of aromatic nitrogens is 1. The molecular formula is C21H19NO2. The number of rotatable bonds is 2. The van der Waals surface area contributed by atoms with Gasteiger partial charge in [-0.1, -0.05) is 38.1 Å². The maximum Gasteiger partial charge on any atom is 0.201 e. The fraction of sp³-hybridized carbons (Fsp3) is 0.238. The Hall–Kier alpha value is -2.68. The summed E-state index contributed by atoms with van der Waals surface area (Å²) >= 11 is 0. The van der Waals surface area contributed by atoms with Gasteiger partial charge in [0.05, 0.1) is 16.8 Å². The smallest absolute Gasteiger partial charge is 0.201 e. The van der Waals surface area contributed by atoms with E-state index in [1.165, 1.54) is 0 Å². The maximum atomic E-state index is 13.0. The fourth-order valence-electron chi connectivity index (χ4n) is 3.67. The summed E-state index contributed by atoms with van der Waals surface area (Å²) in [6.45, 7) is 6.96. The summed E-state index contributed by atoms with van der Waals surface area (Å²) in [4.78, 5) is 25.9. The molecule has 0 radical (unpaired) electrons. The molecule has 3 aromatic rings. The monoisotopic (exact) mass is 317 g/mol. The molecule has 0 bridgehead atoms. The van der Waals surface area contributed by atoms with Crippen LogP contribution >= 0.6 is 0 Å². The number of para-hydroxylation sites is 1. The zero-order valence-electron chi connectivity index (χ0n) is 14.1. The van der Waals surface area contributed by atoms with E-state index in [1.807, 2.05) is 37.3 Å². The van der Waals surface area contributed by atoms with Gasteiger partial charge in [-0.2, -0.15) is 0 Å². The largest absolute Gasteiger partial charge is 0.340 e. The summed E-state index contributed by atoms with van der Waals surface area (Å²) in [5.41, 5.74) is 4.49. The third-order valence-electron chi connectivity index (χ3n) is 4.93. The van der Waals surface area contributed by atoms with Crippen molar-refractivity contribution in [2.75, 3.05) is 0 Å². The lowest BCUT2D eigenvalue weighted by molar-refractivity contribution is 0.104. The molecule has 0 aliphatic heterocycles. The van der Waals surface area contributed by atoms with Crippen LogP contribution in [0.5, 0.6) is 0 Å². The molecule has 120 valence electrons. The van der Waals surface area contributed by atoms with Gasteiger partial charge in [-0.05, 0) is 36.6 Å². The molecule has 3 nitrogen and oxygen atoms in total. The van der Waals surface area contributed by atoms with E-state index < -0.39 is 0 Å². The van der Waals surface area contributed by atoms with E-state index in [0.717, 1.165) is 22.3 Å². The third kappa shape index (κ3) is 1.84. The summed E-state index contributed by atoms with van der Waals surface area (Å²) in [6, 6.07) is 13.5. The van der Waals surface area contributed by atoms with Gasteiger partial charge in [-0.25, -0.2) is 0 Å². The van der Waals surface area contributed by atoms with E-state index in [4.69, 9.17) is 0 Å². The molecule has 1 aliphatic rings. The lowest BCUT2D eigenvalue weighted by Crippen LogP contribution is -2.18. The van der Waals surface area contributed by atoms with Crippen molar-refractivity contribution in [3.63, 3.8) is 0 Å². The normalized spacial score (nSPS) is 12.8. The predicted molar refractivity (Wildman–Crippen MR) is 96.8 cm³/mol. The van der Waals surface area contributed by atoms with Gasteiger partial charge in [0.2, 0.25) is 5.43 Å². The quantitative estimate of drug-likeness (QED) is 0.551. The van der Waals surface area contributed by atoms with Gasteiger partial charge in [0.15, 0.2) is 5.78 Å². The molecule has 0 atom stereocenters. The standard InChI is InChI=1S/C21H19NO2/c1-4-22-17-8-6-5-7-15(17)20(23)18-19(22)14-10-9-13(12(2)3)11-16(14)21(18)24/h5-12H,4H2,1-3H3. The van der Waals surface area contributed by atoms with Gasteiger partial charge in [0, 0.05) is 23.1 Å². The minimum atomic E-state index is -0.155. The number of benzene rings is 2. The van der Waals surface area contributed by atoms with Crippen LogP contribution in [0.15, 0.2) is 47.3 Å². The topological polar surface area (TPSA) is 39.1 Å². The van der Waals surface area contributed by atoms with E-state index in [1.54, 1.807) is 6.07 Å². The Kier molecular flexibility index (Phi) is 3.20. The first-order valence-corrected chi connectivity index (χ1v) is 8.39. The van der Waals surface area contributed by atoms with Crippen molar-refractivity contribution in [3.05, 3.63) is 69.4 Å². The van der Waals surface area contributed by atoms with E-state index in [0.29, 0.717) is 29.0 Å². The van der Waals surface area contributed by atoms with E-state index in [9.17, 15) is 9.59 Å². The zero-order valence-corrected chi connectivity index (χ0v) is 14.1. The first-order valence-electron chi connectivity index (χ1n) is 8.39. The maximum absolute atomic E-state index is 13.0. The fourth-order valence-corrected chi connectivity index (χ4v) is 3.67. The minimum absolute atomic E-state index is 0.138. The van der Waals surface area contributed by atoms with Crippen molar-refractivity contribution in [2.45, 2.75) is 33.2 Å². The van der Waals surface area contributed by atoms with Crippen molar-refractivity contribution in [2.24, 2.45) is 0 Å². The summed E-state index contributed by atoms with van der Waals surface area (Å²) in [7, 11) is 0. The number of hydrogen-bond acceptors (Lipinski definition) is 2. The first-order chi connectivity index (χ1) is 11.5. The molecular weight excluding hydrogens is 298 g/mol. The van der Waals surface area contributed by atoms with Crippen LogP contribution in [0.25, 0.3) is 22.2 Å². The highest BCUT2D eigenvalue weighted by atomic mass is 16.1. The zero-order chi connectivity index (χ0) is 17.0. The van der Waals surface area contributed by atoms with Crippen molar-refractivity contribution in [3.8, 4) is 11.3 Å². The number of carbonyl (C=O) groups is 1. The Labute approximate surface area is 140 Å². The van der Waals surface area contributed by atoms with Gasteiger partial charge in [-0.15, -0.1) is 0 Å². The summed E-state index contributed by atoms with van der Waals surface area (Å²) in [5.74, 6) is 0.205. The number of ketones is 1. The van der Waals surface area contributed by atoms with E-state index in [-0.39, 0.29) is 11.2 Å². The average Bonchev–Trinajstić information content (AvgIpc) is 2.88. The van der Waals surface area contributed by atoms with Crippen LogP contribution in [0.2, 0.25) is 0 Å². The minimum Gasteiger partial charge on any atom is -0.340 e. The van der Waals surface area contributed by atoms with Crippen LogP contribution in [-0.2, 0) is 6.54 Å². The molecule has 0 N–H and O–H groups in total. The van der Waals surface area contributed by atoms with Crippen molar-refractivity contribution >= 4 is 16.7 Å². The van der Waals surface area contributed by atoms with Crippen LogP contribution in [0.3, 0.4) is 0 Å². The lowest BCUT2D eigenvalue weighted by atomic mass is 9.98. The number of hydrogen-bond donors (Lipinski definition) is 0. The average molecular weight is 317 g/mol. The Morgan fingerprint density at radius 1 is 1.00 bits per heavy atom. The second-order valence-electron chi connectivity index (χ2n) is 6.60. The van der Waals surface area contributed by atoms with Crippen molar-refractivity contribution in [1.29, 1.82) is 0 Å². The van der Waals surface area contributed by atoms with Crippen LogP contribution in [-0.4, -0.2) is 10.4 Å². The molecule has 0 unspecified atom stereocenters. The molecule has 1 aliphatic carbocycles. The number of aryl methyl sites for hydroxylation is 1. The number of nitrogens with zero attached hydrogens (tertiary/aromatic N) is 1. The lowest BCUT2D eigenvalue weighted by Gasteiger charge is -2.15. The Morgan fingerprint density at radius 3 is 2.46 bits per heavy atom. The van der Waals surface area contributed by atoms with Crippen LogP contribution in [0.1, 0.15) is 48.2 Å². The van der Waals surface area contributed by atoms with Crippen LogP contribution in [0.4, 0.5) is 0 Å². The van der Waals surface area contributed by atoms with E-state index in [2.05, 4.69) is 24.5 Å². The van der Waals surface area contributed by atoms with Gasteiger partial charge in [-0.3, -0.25) is 9.59 Å². The molecule has 1 heterocycles. The Bertz CT molecular complexity index is 1060. The second kappa shape index (κ2) is 5.17. The molecule has 0 amide bonds. The van der Waals surface area contributed by atoms with Gasteiger partial charge in [0.25, 0.3) is 0 Å². The molecule has 0 saturated carbocycles. The van der Waals surface area contributed by atoms with Crippen LogP contribution < -0.4 is 5.43 Å². The van der Waals surface area contributed by atoms with Gasteiger partial charge < -0.3 is 4.57 Å². The molecule has 0 fully saturated rings. The molecule has 0 spiro atoms. The first kappa shape index (κ1) is 14.9. The second-order valence-corrected chi connectivity index (χ2v) is 6.60. The predicted octanol–water partition coefficient (Wildman–Crippen LogP) is 4.36. The van der Waals surface area contributed by atoms with Crippen molar-refractivity contribution in [1.82, 2.24) is 4.57 Å². The highest BCUT2D eigenvalue weighted by molar-refractivity contribution is 6.22. The summed E-state index contributed by atoms with van der Waals surface area (Å²) in [6.07, 6.45) is 0. The molecule has 2 aromatic carbocycles. The third-order valence-corrected chi connectivity index (χ3v) is 4.93. The Morgan fingerprint density at radius 2 is 1.75 bits per heavy atom. The molecule has 3 heteroatoms. The molecule has 0 saturated heterocycles. The van der Waals surface area contributed by atoms with Crippen LogP contribution in [0, 0.1) is 0 Å². The highest BCUT2D eigenvalue weighted by Crippen LogP contribution is 2.38. The summed E-state index contributed by atoms with van der Waals surface area (Å²) in [5, 5.41) is 0.614. The SMILES string of the molecule is CCn1c2c(c(=O)c3ccccc31)C(=O)c1cc(C(C)C)ccc1-2. The van der Waals surface area contributed by atoms with Gasteiger partial charge >= 0.3 is 0 Å². The van der Waals surface area contributed by atoms with E-state index >= 15 is 0 Å². The molecule has 4 rings (SSSR count).